The Hall–Kier alpha value is -1.81. The molecule has 1 aromatic heterocycles. The van der Waals surface area contributed by atoms with E-state index in [2.05, 4.69) is 30.3 Å². The Morgan fingerprint density at radius 3 is 2.62 bits per heavy atom. The van der Waals surface area contributed by atoms with Gasteiger partial charge in [-0.2, -0.15) is 0 Å². The third-order valence-electron chi connectivity index (χ3n) is 3.69. The SMILES string of the molecule is CCCCC/C=C\C[C@H](O)/C=C/C=C\CCCCc1cc(O)no1. The highest BCUT2D eigenvalue weighted by Crippen LogP contribution is 2.12. The van der Waals surface area contributed by atoms with E-state index in [0.717, 1.165) is 37.9 Å². The standard InChI is InChI=1S/C20H31NO3/c1-2-3-4-5-8-11-14-18(22)15-12-9-6-7-10-13-16-19-17-20(23)21-24-19/h6,8-9,11-12,15,17-18,22H,2-5,7,10,13-14,16H2,1H3,(H,21,23)/b9-6-,11-8-,15-12+/t18-/m0/s1. The largest absolute Gasteiger partial charge is 0.491 e. The molecule has 0 aliphatic rings. The zero-order valence-electron chi connectivity index (χ0n) is 14.7. The van der Waals surface area contributed by atoms with Gasteiger partial charge in [0.2, 0.25) is 0 Å². The van der Waals surface area contributed by atoms with E-state index in [-0.39, 0.29) is 5.88 Å². The van der Waals surface area contributed by atoms with Gasteiger partial charge in [-0.1, -0.05) is 56.2 Å². The molecule has 1 atom stereocenters. The lowest BCUT2D eigenvalue weighted by molar-refractivity contribution is 0.227. The summed E-state index contributed by atoms with van der Waals surface area (Å²) in [6.07, 6.45) is 21.0. The molecule has 0 fully saturated rings. The molecule has 1 rings (SSSR count). The fourth-order valence-corrected chi connectivity index (χ4v) is 2.29. The zero-order chi connectivity index (χ0) is 17.5. The highest BCUT2D eigenvalue weighted by atomic mass is 16.5. The lowest BCUT2D eigenvalue weighted by Gasteiger charge is -1.99. The summed E-state index contributed by atoms with van der Waals surface area (Å²) in [5.74, 6) is 0.673. The fraction of sp³-hybridized carbons (Fsp3) is 0.550. The maximum Gasteiger partial charge on any atom is 0.251 e. The van der Waals surface area contributed by atoms with Crippen LogP contribution in [0, 0.1) is 0 Å². The van der Waals surface area contributed by atoms with Gasteiger partial charge in [0.05, 0.1) is 6.10 Å². The van der Waals surface area contributed by atoms with E-state index in [1.165, 1.54) is 19.3 Å². The minimum Gasteiger partial charge on any atom is -0.491 e. The van der Waals surface area contributed by atoms with Crippen molar-refractivity contribution in [3.05, 3.63) is 48.3 Å². The number of allylic oxidation sites excluding steroid dienone is 4. The number of unbranched alkanes of at least 4 members (excludes halogenated alkanes) is 5. The van der Waals surface area contributed by atoms with Crippen LogP contribution < -0.4 is 0 Å². The second-order valence-electron chi connectivity index (χ2n) is 5.98. The van der Waals surface area contributed by atoms with Crippen LogP contribution >= 0.6 is 0 Å². The van der Waals surface area contributed by atoms with Crippen molar-refractivity contribution >= 4 is 0 Å². The Labute approximate surface area is 145 Å². The number of aromatic hydroxyl groups is 1. The first-order valence-electron chi connectivity index (χ1n) is 9.03. The van der Waals surface area contributed by atoms with Crippen LogP contribution in [0.3, 0.4) is 0 Å². The van der Waals surface area contributed by atoms with Crippen molar-refractivity contribution < 1.29 is 14.7 Å². The molecule has 0 saturated carbocycles. The summed E-state index contributed by atoms with van der Waals surface area (Å²) in [5, 5.41) is 22.3. The van der Waals surface area contributed by atoms with Crippen LogP contribution in [0.15, 0.2) is 47.0 Å². The minimum atomic E-state index is -0.406. The summed E-state index contributed by atoms with van der Waals surface area (Å²) in [6, 6.07) is 1.55. The van der Waals surface area contributed by atoms with Crippen molar-refractivity contribution in [1.82, 2.24) is 5.16 Å². The molecule has 4 nitrogen and oxygen atoms in total. The normalized spacial score (nSPS) is 13.6. The lowest BCUT2D eigenvalue weighted by atomic mass is 10.1. The molecule has 0 unspecified atom stereocenters. The van der Waals surface area contributed by atoms with Crippen LogP contribution in [-0.2, 0) is 6.42 Å². The average molecular weight is 333 g/mol. The number of aromatic nitrogens is 1. The van der Waals surface area contributed by atoms with Crippen molar-refractivity contribution in [3.63, 3.8) is 0 Å². The molecule has 0 radical (unpaired) electrons. The lowest BCUT2D eigenvalue weighted by Crippen LogP contribution is -1.98. The summed E-state index contributed by atoms with van der Waals surface area (Å²) in [5.41, 5.74) is 0. The molecule has 0 aliphatic heterocycles. The van der Waals surface area contributed by atoms with Gasteiger partial charge in [-0.15, -0.1) is 0 Å². The van der Waals surface area contributed by atoms with E-state index in [1.807, 2.05) is 18.2 Å². The van der Waals surface area contributed by atoms with Crippen LogP contribution in [0.1, 0.15) is 64.1 Å². The van der Waals surface area contributed by atoms with Crippen LogP contribution in [-0.4, -0.2) is 21.5 Å². The number of aryl methyl sites for hydroxylation is 1. The van der Waals surface area contributed by atoms with Crippen molar-refractivity contribution in [2.45, 2.75) is 70.8 Å². The Bertz CT molecular complexity index is 503. The molecular formula is C20H31NO3. The Morgan fingerprint density at radius 1 is 1.08 bits per heavy atom. The maximum atomic E-state index is 9.81. The number of hydrogen-bond acceptors (Lipinski definition) is 4. The summed E-state index contributed by atoms with van der Waals surface area (Å²) >= 11 is 0. The summed E-state index contributed by atoms with van der Waals surface area (Å²) in [7, 11) is 0. The summed E-state index contributed by atoms with van der Waals surface area (Å²) < 4.78 is 4.93. The van der Waals surface area contributed by atoms with Gasteiger partial charge in [-0.05, 0) is 43.7 Å². The first-order chi connectivity index (χ1) is 11.7. The molecule has 1 aromatic rings. The molecule has 1 heterocycles. The van der Waals surface area contributed by atoms with Gasteiger partial charge >= 0.3 is 0 Å². The van der Waals surface area contributed by atoms with Gasteiger partial charge in [-0.3, -0.25) is 0 Å². The molecule has 0 aliphatic carbocycles. The highest BCUT2D eigenvalue weighted by molar-refractivity contribution is 5.09. The molecule has 0 saturated heterocycles. The number of hydrogen-bond donors (Lipinski definition) is 2. The average Bonchev–Trinajstić information content (AvgIpc) is 2.98. The first-order valence-corrected chi connectivity index (χ1v) is 9.03. The quantitative estimate of drug-likeness (QED) is 0.300. The second kappa shape index (κ2) is 13.6. The van der Waals surface area contributed by atoms with E-state index in [1.54, 1.807) is 6.07 Å². The van der Waals surface area contributed by atoms with Crippen LogP contribution in [0.5, 0.6) is 5.88 Å². The number of nitrogens with zero attached hydrogens (tertiary/aromatic N) is 1. The predicted octanol–water partition coefficient (Wildman–Crippen LogP) is 5.09. The number of aliphatic hydroxyl groups excluding tert-OH is 1. The van der Waals surface area contributed by atoms with Crippen molar-refractivity contribution in [1.29, 1.82) is 0 Å². The Morgan fingerprint density at radius 2 is 1.88 bits per heavy atom. The topological polar surface area (TPSA) is 66.5 Å². The summed E-state index contributed by atoms with van der Waals surface area (Å²) in [6.45, 7) is 2.20. The molecule has 0 amide bonds. The third kappa shape index (κ3) is 10.8. The van der Waals surface area contributed by atoms with Gasteiger partial charge in [-0.25, -0.2) is 0 Å². The predicted molar refractivity (Wildman–Crippen MR) is 97.9 cm³/mol. The van der Waals surface area contributed by atoms with Gasteiger partial charge < -0.3 is 14.7 Å². The van der Waals surface area contributed by atoms with Crippen molar-refractivity contribution in [2.75, 3.05) is 0 Å². The van der Waals surface area contributed by atoms with E-state index >= 15 is 0 Å². The van der Waals surface area contributed by atoms with E-state index in [4.69, 9.17) is 9.63 Å². The molecule has 4 heteroatoms. The third-order valence-corrected chi connectivity index (χ3v) is 3.69. The van der Waals surface area contributed by atoms with Crippen LogP contribution in [0.4, 0.5) is 0 Å². The molecule has 134 valence electrons. The van der Waals surface area contributed by atoms with E-state index < -0.39 is 6.10 Å². The van der Waals surface area contributed by atoms with Crippen LogP contribution in [0.25, 0.3) is 0 Å². The molecular weight excluding hydrogens is 302 g/mol. The van der Waals surface area contributed by atoms with E-state index in [0.29, 0.717) is 6.42 Å². The first kappa shape index (κ1) is 20.2. The summed E-state index contributed by atoms with van der Waals surface area (Å²) in [4.78, 5) is 0. The Balaban J connectivity index is 2.01. The monoisotopic (exact) mass is 333 g/mol. The second-order valence-corrected chi connectivity index (χ2v) is 5.98. The maximum absolute atomic E-state index is 9.81. The minimum absolute atomic E-state index is 0.0515. The van der Waals surface area contributed by atoms with E-state index in [9.17, 15) is 5.11 Å². The van der Waals surface area contributed by atoms with Gasteiger partial charge in [0.15, 0.2) is 0 Å². The van der Waals surface area contributed by atoms with Crippen LogP contribution in [0.2, 0.25) is 0 Å². The van der Waals surface area contributed by atoms with Crippen molar-refractivity contribution in [2.24, 2.45) is 0 Å². The molecule has 0 bridgehead atoms. The molecule has 0 aromatic carbocycles. The molecule has 0 spiro atoms. The number of aliphatic hydroxyl groups is 1. The van der Waals surface area contributed by atoms with Gasteiger partial charge in [0.1, 0.15) is 5.76 Å². The molecule has 2 N–H and O–H groups in total. The van der Waals surface area contributed by atoms with Crippen molar-refractivity contribution in [3.8, 4) is 5.88 Å². The smallest absolute Gasteiger partial charge is 0.251 e. The zero-order valence-corrected chi connectivity index (χ0v) is 14.7. The van der Waals surface area contributed by atoms with Gasteiger partial charge in [0.25, 0.3) is 5.88 Å². The Kier molecular flexibility index (Phi) is 11.5. The molecule has 24 heavy (non-hydrogen) atoms. The fourth-order valence-electron chi connectivity index (χ4n) is 2.29. The highest BCUT2D eigenvalue weighted by Gasteiger charge is 2.00. The number of rotatable bonds is 13. The van der Waals surface area contributed by atoms with Gasteiger partial charge in [0, 0.05) is 12.5 Å².